The van der Waals surface area contributed by atoms with Crippen molar-refractivity contribution in [3.8, 4) is 0 Å². The SMILES string of the molecule is CCOC(=O)[C@@H]1C=C[C@H](C)C(S(=O)(=O)C(F)(F)F)(S(=O)(=O)C(F)(F)F)C1. The molecular formula is C12H14F6O6S2. The van der Waals surface area contributed by atoms with Gasteiger partial charge in [0.15, 0.2) is 4.08 Å². The molecule has 6 nitrogen and oxygen atoms in total. The van der Waals surface area contributed by atoms with Crippen LogP contribution in [0, 0.1) is 11.8 Å². The summed E-state index contributed by atoms with van der Waals surface area (Å²) in [6, 6.07) is 0. The van der Waals surface area contributed by atoms with Crippen molar-refractivity contribution in [1.29, 1.82) is 0 Å². The number of sulfone groups is 2. The van der Waals surface area contributed by atoms with Gasteiger partial charge < -0.3 is 4.74 Å². The van der Waals surface area contributed by atoms with E-state index in [4.69, 9.17) is 0 Å². The third-order valence-corrected chi connectivity index (χ3v) is 9.37. The van der Waals surface area contributed by atoms with Crippen molar-refractivity contribution >= 4 is 25.6 Å². The van der Waals surface area contributed by atoms with Gasteiger partial charge in [-0.15, -0.1) is 0 Å². The molecular weight excluding hydrogens is 418 g/mol. The molecule has 0 aromatic rings. The minimum absolute atomic E-state index is 0.302. The number of ether oxygens (including phenoxy) is 1. The lowest BCUT2D eigenvalue weighted by atomic mass is 9.88. The number of allylic oxidation sites excluding steroid dienone is 1. The second kappa shape index (κ2) is 6.69. The van der Waals surface area contributed by atoms with Gasteiger partial charge in [0.05, 0.1) is 12.5 Å². The van der Waals surface area contributed by atoms with Crippen molar-refractivity contribution in [1.82, 2.24) is 0 Å². The molecule has 0 spiro atoms. The molecule has 0 amide bonds. The van der Waals surface area contributed by atoms with Crippen LogP contribution < -0.4 is 0 Å². The standard InChI is InChI=1S/C12H14F6O6S2/c1-3-24-9(19)8-5-4-7(2)10(6-8,25(20,21)11(13,14)15)26(22,23)12(16,17)18/h4-5,7-8H,3,6H2,1-2H3/t7-,8+/m0/s1. The van der Waals surface area contributed by atoms with Crippen molar-refractivity contribution in [2.24, 2.45) is 11.8 Å². The largest absolute Gasteiger partial charge is 0.498 e. The first kappa shape index (κ1) is 22.7. The van der Waals surface area contributed by atoms with Crippen molar-refractivity contribution in [2.45, 2.75) is 35.4 Å². The summed E-state index contributed by atoms with van der Waals surface area (Å²) >= 11 is 0. The fraction of sp³-hybridized carbons (Fsp3) is 0.750. The van der Waals surface area contributed by atoms with E-state index >= 15 is 0 Å². The first-order valence-electron chi connectivity index (χ1n) is 6.94. The van der Waals surface area contributed by atoms with Crippen LogP contribution >= 0.6 is 0 Å². The molecule has 0 heterocycles. The smallest absolute Gasteiger partial charge is 0.466 e. The molecule has 0 saturated heterocycles. The fourth-order valence-corrected chi connectivity index (χ4v) is 7.10. The minimum Gasteiger partial charge on any atom is -0.466 e. The van der Waals surface area contributed by atoms with Gasteiger partial charge in [-0.3, -0.25) is 4.79 Å². The monoisotopic (exact) mass is 432 g/mol. The van der Waals surface area contributed by atoms with Gasteiger partial charge >= 0.3 is 17.0 Å². The molecule has 0 bridgehead atoms. The molecule has 1 rings (SSSR count). The average molecular weight is 432 g/mol. The molecule has 0 unspecified atom stereocenters. The highest BCUT2D eigenvalue weighted by atomic mass is 32.3. The van der Waals surface area contributed by atoms with Crippen LogP contribution in [0.15, 0.2) is 12.2 Å². The number of rotatable bonds is 4. The van der Waals surface area contributed by atoms with Gasteiger partial charge in [0.1, 0.15) is 0 Å². The van der Waals surface area contributed by atoms with Crippen molar-refractivity contribution in [3.05, 3.63) is 12.2 Å². The zero-order valence-electron chi connectivity index (χ0n) is 13.3. The van der Waals surface area contributed by atoms with E-state index in [1.807, 2.05) is 0 Å². The predicted octanol–water partition coefficient (Wildman–Crippen LogP) is 2.33. The number of esters is 1. The molecule has 0 N–H and O–H groups in total. The molecule has 0 aliphatic heterocycles. The summed E-state index contributed by atoms with van der Waals surface area (Å²) in [7, 11) is -13.8. The molecule has 1 aliphatic rings. The molecule has 0 aromatic carbocycles. The van der Waals surface area contributed by atoms with Crippen LogP contribution in [0.2, 0.25) is 0 Å². The number of halogens is 6. The van der Waals surface area contributed by atoms with E-state index < -0.39 is 59.0 Å². The maximum atomic E-state index is 13.1. The molecule has 0 fully saturated rings. The first-order chi connectivity index (χ1) is 11.5. The van der Waals surface area contributed by atoms with Crippen LogP contribution in [0.4, 0.5) is 26.3 Å². The second-order valence-corrected chi connectivity index (χ2v) is 10.1. The average Bonchev–Trinajstić information content (AvgIpc) is 2.45. The van der Waals surface area contributed by atoms with E-state index in [-0.39, 0.29) is 6.61 Å². The van der Waals surface area contributed by atoms with Gasteiger partial charge in [0.2, 0.25) is 0 Å². The summed E-state index contributed by atoms with van der Waals surface area (Å²) in [6.07, 6.45) is -0.413. The molecule has 152 valence electrons. The normalized spacial score (nSPS) is 24.3. The van der Waals surface area contributed by atoms with Crippen LogP contribution in [0.3, 0.4) is 0 Å². The molecule has 1 aliphatic carbocycles. The van der Waals surface area contributed by atoms with Crippen LogP contribution in [0.25, 0.3) is 0 Å². The van der Waals surface area contributed by atoms with E-state index in [0.717, 1.165) is 6.08 Å². The molecule has 0 radical (unpaired) electrons. The Kier molecular flexibility index (Phi) is 5.85. The lowest BCUT2D eigenvalue weighted by molar-refractivity contribution is -0.146. The number of hydrogen-bond donors (Lipinski definition) is 0. The Morgan fingerprint density at radius 1 is 1.04 bits per heavy atom. The van der Waals surface area contributed by atoms with E-state index in [1.165, 1.54) is 6.92 Å². The van der Waals surface area contributed by atoms with Crippen LogP contribution in [-0.2, 0) is 29.2 Å². The quantitative estimate of drug-likeness (QED) is 0.385. The Hall–Kier alpha value is -1.31. The van der Waals surface area contributed by atoms with Crippen molar-refractivity contribution < 1.29 is 52.7 Å². The van der Waals surface area contributed by atoms with Crippen molar-refractivity contribution in [2.75, 3.05) is 6.61 Å². The third kappa shape index (κ3) is 3.21. The molecule has 2 atom stereocenters. The lowest BCUT2D eigenvalue weighted by Gasteiger charge is -2.40. The van der Waals surface area contributed by atoms with Gasteiger partial charge in [-0.2, -0.15) is 26.3 Å². The highest BCUT2D eigenvalue weighted by molar-refractivity contribution is 8.11. The fourth-order valence-electron chi connectivity index (χ4n) is 2.66. The summed E-state index contributed by atoms with van der Waals surface area (Å²) in [4.78, 5) is 11.7. The Bertz CT molecular complexity index is 749. The van der Waals surface area contributed by atoms with E-state index in [9.17, 15) is 48.0 Å². The Balaban J connectivity index is 3.85. The third-order valence-electron chi connectivity index (χ3n) is 3.94. The second-order valence-electron chi connectivity index (χ2n) is 5.45. The van der Waals surface area contributed by atoms with Gasteiger partial charge in [0, 0.05) is 5.92 Å². The minimum atomic E-state index is -6.90. The number of alkyl halides is 6. The van der Waals surface area contributed by atoms with Gasteiger partial charge in [0.25, 0.3) is 19.7 Å². The van der Waals surface area contributed by atoms with E-state index in [1.54, 1.807) is 0 Å². The number of carbonyl (C=O) groups excluding carboxylic acids is 1. The van der Waals surface area contributed by atoms with Crippen molar-refractivity contribution in [3.63, 3.8) is 0 Å². The summed E-state index contributed by atoms with van der Waals surface area (Å²) in [5.74, 6) is -5.48. The Morgan fingerprint density at radius 3 is 1.81 bits per heavy atom. The van der Waals surface area contributed by atoms with E-state index in [2.05, 4.69) is 4.74 Å². The van der Waals surface area contributed by atoms with Crippen LogP contribution in [-0.4, -0.2) is 44.5 Å². The summed E-state index contributed by atoms with van der Waals surface area (Å²) in [5, 5.41) is 0. The molecule has 26 heavy (non-hydrogen) atoms. The number of hydrogen-bond acceptors (Lipinski definition) is 6. The highest BCUT2D eigenvalue weighted by Crippen LogP contribution is 2.52. The van der Waals surface area contributed by atoms with Gasteiger partial charge in [-0.25, -0.2) is 16.8 Å². The Morgan fingerprint density at radius 2 is 1.46 bits per heavy atom. The topological polar surface area (TPSA) is 94.6 Å². The maximum absolute atomic E-state index is 13.1. The van der Waals surface area contributed by atoms with E-state index in [0.29, 0.717) is 13.0 Å². The zero-order chi connectivity index (χ0) is 20.8. The summed E-state index contributed by atoms with van der Waals surface area (Å²) in [6.45, 7) is 1.58. The zero-order valence-corrected chi connectivity index (χ0v) is 14.9. The van der Waals surface area contributed by atoms with Crippen LogP contribution in [0.1, 0.15) is 20.3 Å². The highest BCUT2D eigenvalue weighted by Gasteiger charge is 2.75. The molecule has 0 aromatic heterocycles. The predicted molar refractivity (Wildman–Crippen MR) is 75.7 cm³/mol. The summed E-state index contributed by atoms with van der Waals surface area (Å²) in [5.41, 5.74) is -12.6. The number of carbonyl (C=O) groups is 1. The Labute approximate surface area is 145 Å². The van der Waals surface area contributed by atoms with Crippen LogP contribution in [0.5, 0.6) is 0 Å². The molecule has 14 heteroatoms. The lowest BCUT2D eigenvalue weighted by Crippen LogP contribution is -2.61. The summed E-state index contributed by atoms with van der Waals surface area (Å²) < 4.78 is 126. The van der Waals surface area contributed by atoms with Gasteiger partial charge in [-0.05, 0) is 13.3 Å². The maximum Gasteiger partial charge on any atom is 0.498 e. The first-order valence-corrected chi connectivity index (χ1v) is 9.90. The van der Waals surface area contributed by atoms with Gasteiger partial charge in [-0.1, -0.05) is 19.1 Å². The molecule has 0 saturated carbocycles.